The van der Waals surface area contributed by atoms with E-state index in [1.807, 2.05) is 12.1 Å². The Labute approximate surface area is 125 Å². The van der Waals surface area contributed by atoms with Gasteiger partial charge in [0.15, 0.2) is 5.58 Å². The Bertz CT molecular complexity index is 914. The van der Waals surface area contributed by atoms with E-state index in [2.05, 4.69) is 20.5 Å². The lowest BCUT2D eigenvalue weighted by Crippen LogP contribution is -1.95. The number of rotatable bonds is 3. The number of pyridine rings is 1. The van der Waals surface area contributed by atoms with Crippen molar-refractivity contribution < 1.29 is 4.42 Å². The van der Waals surface area contributed by atoms with E-state index in [0.29, 0.717) is 28.4 Å². The molecular formula is C15H8N6O. The monoisotopic (exact) mass is 288 g/mol. The highest BCUT2D eigenvalue weighted by Gasteiger charge is 2.09. The van der Waals surface area contributed by atoms with Crippen molar-refractivity contribution in [3.8, 4) is 23.7 Å². The fourth-order valence-corrected chi connectivity index (χ4v) is 1.79. The van der Waals surface area contributed by atoms with E-state index in [0.717, 1.165) is 0 Å². The maximum atomic E-state index is 8.63. The quantitative estimate of drug-likeness (QED) is 0.586. The minimum absolute atomic E-state index is 0.255. The minimum atomic E-state index is -0.255. The molecule has 22 heavy (non-hydrogen) atoms. The molecule has 0 atom stereocenters. The lowest BCUT2D eigenvalue weighted by molar-refractivity contribution is 0.617. The Morgan fingerprint density at radius 3 is 2.77 bits per heavy atom. The van der Waals surface area contributed by atoms with E-state index in [4.69, 9.17) is 14.9 Å². The van der Waals surface area contributed by atoms with Gasteiger partial charge in [-0.25, -0.2) is 4.98 Å². The van der Waals surface area contributed by atoms with Gasteiger partial charge in [-0.15, -0.1) is 0 Å². The summed E-state index contributed by atoms with van der Waals surface area (Å²) in [5.74, 6) is 0.422. The van der Waals surface area contributed by atoms with Crippen LogP contribution in [-0.4, -0.2) is 15.7 Å². The highest BCUT2D eigenvalue weighted by molar-refractivity contribution is 6.10. The van der Waals surface area contributed by atoms with Crippen LogP contribution in [0.5, 0.6) is 0 Å². The molecule has 1 aromatic carbocycles. The second-order valence-corrected chi connectivity index (χ2v) is 4.21. The summed E-state index contributed by atoms with van der Waals surface area (Å²) in [7, 11) is 0. The van der Waals surface area contributed by atoms with Crippen molar-refractivity contribution in [3.05, 3.63) is 42.6 Å². The van der Waals surface area contributed by atoms with Gasteiger partial charge in [0.05, 0.1) is 5.69 Å². The van der Waals surface area contributed by atoms with Crippen molar-refractivity contribution >= 4 is 22.5 Å². The zero-order valence-corrected chi connectivity index (χ0v) is 11.2. The van der Waals surface area contributed by atoms with E-state index in [1.54, 1.807) is 42.6 Å². The number of benzene rings is 1. The Kier molecular flexibility index (Phi) is 3.46. The summed E-state index contributed by atoms with van der Waals surface area (Å²) in [5, 5.41) is 20.9. The van der Waals surface area contributed by atoms with Crippen LogP contribution >= 0.6 is 0 Å². The zero-order valence-electron chi connectivity index (χ0n) is 11.2. The molecule has 0 aliphatic carbocycles. The van der Waals surface area contributed by atoms with Gasteiger partial charge in [0.2, 0.25) is 11.6 Å². The Morgan fingerprint density at radius 1 is 1.18 bits per heavy atom. The number of oxazole rings is 1. The summed E-state index contributed by atoms with van der Waals surface area (Å²) in [6, 6.07) is 14.0. The van der Waals surface area contributed by atoms with Gasteiger partial charge < -0.3 is 4.42 Å². The van der Waals surface area contributed by atoms with Crippen LogP contribution in [0.25, 0.3) is 22.7 Å². The topological polar surface area (TPSA) is 111 Å². The standard InChI is InChI=1S/C15H8N6O/c16-8-11(9-17)21-20-10-4-5-14-13(7-10)19-15(22-14)12-3-1-2-6-18-12/h1-7,20H. The third kappa shape index (κ3) is 2.60. The number of fused-ring (bicyclic) bond motifs is 1. The van der Waals surface area contributed by atoms with Crippen LogP contribution in [0.15, 0.2) is 52.1 Å². The summed E-state index contributed by atoms with van der Waals surface area (Å²) < 4.78 is 5.64. The molecule has 0 aliphatic rings. The number of hydrazone groups is 1. The van der Waals surface area contributed by atoms with E-state index < -0.39 is 0 Å². The van der Waals surface area contributed by atoms with E-state index in [9.17, 15) is 0 Å². The largest absolute Gasteiger partial charge is 0.435 e. The van der Waals surface area contributed by atoms with Gasteiger partial charge in [-0.2, -0.15) is 15.6 Å². The molecule has 0 bridgehead atoms. The second-order valence-electron chi connectivity index (χ2n) is 4.21. The smallest absolute Gasteiger partial charge is 0.246 e. The average Bonchev–Trinajstić information content (AvgIpc) is 3.00. The van der Waals surface area contributed by atoms with Crippen molar-refractivity contribution in [2.24, 2.45) is 5.10 Å². The summed E-state index contributed by atoms with van der Waals surface area (Å²) in [6.07, 6.45) is 1.66. The van der Waals surface area contributed by atoms with E-state index in [1.165, 1.54) is 0 Å². The van der Waals surface area contributed by atoms with Gasteiger partial charge in [0, 0.05) is 6.20 Å². The molecule has 0 saturated heterocycles. The van der Waals surface area contributed by atoms with Gasteiger partial charge in [0.1, 0.15) is 23.3 Å². The molecule has 104 valence electrons. The second kappa shape index (κ2) is 5.73. The van der Waals surface area contributed by atoms with Gasteiger partial charge in [0.25, 0.3) is 0 Å². The van der Waals surface area contributed by atoms with Crippen molar-refractivity contribution in [2.45, 2.75) is 0 Å². The fraction of sp³-hybridized carbons (Fsp3) is 0. The molecule has 0 radical (unpaired) electrons. The van der Waals surface area contributed by atoms with Crippen molar-refractivity contribution in [3.63, 3.8) is 0 Å². The molecule has 3 rings (SSSR count). The summed E-state index contributed by atoms with van der Waals surface area (Å²) >= 11 is 0. The molecule has 7 nitrogen and oxygen atoms in total. The molecule has 0 amide bonds. The van der Waals surface area contributed by atoms with E-state index in [-0.39, 0.29) is 5.71 Å². The minimum Gasteiger partial charge on any atom is -0.435 e. The first kappa shape index (κ1) is 13.3. The van der Waals surface area contributed by atoms with Crippen molar-refractivity contribution in [1.29, 1.82) is 10.5 Å². The van der Waals surface area contributed by atoms with Gasteiger partial charge in [-0.1, -0.05) is 6.07 Å². The zero-order chi connectivity index (χ0) is 15.4. The van der Waals surface area contributed by atoms with Crippen LogP contribution in [0.2, 0.25) is 0 Å². The maximum Gasteiger partial charge on any atom is 0.246 e. The van der Waals surface area contributed by atoms with E-state index >= 15 is 0 Å². The number of aromatic nitrogens is 2. The number of hydrogen-bond acceptors (Lipinski definition) is 7. The third-order valence-electron chi connectivity index (χ3n) is 2.78. The third-order valence-corrected chi connectivity index (χ3v) is 2.78. The molecule has 0 spiro atoms. The molecular weight excluding hydrogens is 280 g/mol. The lowest BCUT2D eigenvalue weighted by atomic mass is 10.3. The summed E-state index contributed by atoms with van der Waals surface area (Å²) in [6.45, 7) is 0. The van der Waals surface area contributed by atoms with Gasteiger partial charge >= 0.3 is 0 Å². The first-order chi connectivity index (χ1) is 10.8. The average molecular weight is 288 g/mol. The first-order valence-corrected chi connectivity index (χ1v) is 6.26. The molecule has 2 heterocycles. The Balaban J connectivity index is 1.93. The molecule has 2 aromatic heterocycles. The molecule has 7 heteroatoms. The molecule has 0 fully saturated rings. The maximum absolute atomic E-state index is 8.63. The number of nitrogens with one attached hydrogen (secondary N) is 1. The number of hydrogen-bond donors (Lipinski definition) is 1. The van der Waals surface area contributed by atoms with Crippen molar-refractivity contribution in [2.75, 3.05) is 5.43 Å². The van der Waals surface area contributed by atoms with Gasteiger partial charge in [-0.3, -0.25) is 10.4 Å². The van der Waals surface area contributed by atoms with Crippen LogP contribution in [0, 0.1) is 22.7 Å². The summed E-state index contributed by atoms with van der Waals surface area (Å²) in [4.78, 5) is 8.55. The molecule has 0 unspecified atom stereocenters. The SMILES string of the molecule is N#CC(C#N)=NNc1ccc2oc(-c3ccccn3)nc2c1. The van der Waals surface area contributed by atoms with Crippen LogP contribution in [0.1, 0.15) is 0 Å². The number of anilines is 1. The Hall–Kier alpha value is -3.71. The molecule has 0 saturated carbocycles. The Morgan fingerprint density at radius 2 is 2.05 bits per heavy atom. The lowest BCUT2D eigenvalue weighted by Gasteiger charge is -1.97. The molecule has 0 aliphatic heterocycles. The van der Waals surface area contributed by atoms with Gasteiger partial charge in [-0.05, 0) is 30.3 Å². The van der Waals surface area contributed by atoms with Crippen LogP contribution in [-0.2, 0) is 0 Å². The normalized spacial score (nSPS) is 9.73. The molecule has 3 aromatic rings. The highest BCUT2D eigenvalue weighted by atomic mass is 16.3. The fourth-order valence-electron chi connectivity index (χ4n) is 1.79. The highest BCUT2D eigenvalue weighted by Crippen LogP contribution is 2.24. The molecule has 1 N–H and O–H groups in total. The number of nitriles is 2. The first-order valence-electron chi connectivity index (χ1n) is 6.26. The predicted octanol–water partition coefficient (Wildman–Crippen LogP) is 2.70. The van der Waals surface area contributed by atoms with Crippen LogP contribution < -0.4 is 5.43 Å². The summed E-state index contributed by atoms with van der Waals surface area (Å²) in [5.41, 5.74) is 4.84. The van der Waals surface area contributed by atoms with Crippen LogP contribution in [0.4, 0.5) is 5.69 Å². The van der Waals surface area contributed by atoms with Crippen molar-refractivity contribution in [1.82, 2.24) is 9.97 Å². The van der Waals surface area contributed by atoms with Crippen LogP contribution in [0.3, 0.4) is 0 Å². The predicted molar refractivity (Wildman–Crippen MR) is 79.5 cm³/mol. The number of nitrogens with zero attached hydrogens (tertiary/aromatic N) is 5.